The summed E-state index contributed by atoms with van der Waals surface area (Å²) in [6.07, 6.45) is 0.853. The molecule has 0 amide bonds. The first-order valence-electron chi connectivity index (χ1n) is 11.0. The van der Waals surface area contributed by atoms with E-state index < -0.39 is 0 Å². The number of thiocarbonyl (C=S) groups is 1. The molecule has 3 rings (SSSR count). The number of nitrogens with zero attached hydrogens (tertiary/aromatic N) is 1. The van der Waals surface area contributed by atoms with Gasteiger partial charge < -0.3 is 29.4 Å². The molecule has 8 heteroatoms. The molecule has 2 aromatic carbocycles. The maximum atomic E-state index is 12.9. The predicted octanol–water partition coefficient (Wildman–Crippen LogP) is 3.85. The number of benzene rings is 2. The Hall–Kier alpha value is -3.10. The second-order valence-corrected chi connectivity index (χ2v) is 7.93. The number of ether oxygens (including phenoxy) is 3. The molecule has 1 aromatic heterocycles. The molecule has 0 unspecified atom stereocenters. The van der Waals surface area contributed by atoms with Gasteiger partial charge in [0.25, 0.3) is 5.56 Å². The molecule has 0 aliphatic heterocycles. The van der Waals surface area contributed by atoms with Crippen molar-refractivity contribution >= 4 is 28.2 Å². The molecule has 176 valence electrons. The number of pyridine rings is 1. The first-order chi connectivity index (χ1) is 16.0. The van der Waals surface area contributed by atoms with Crippen molar-refractivity contribution in [3.63, 3.8) is 0 Å². The fourth-order valence-electron chi connectivity index (χ4n) is 3.53. The quantitative estimate of drug-likeness (QED) is 0.326. The molecule has 0 saturated carbocycles. The van der Waals surface area contributed by atoms with Gasteiger partial charge in [0, 0.05) is 43.3 Å². The van der Waals surface area contributed by atoms with Crippen LogP contribution in [0.15, 0.2) is 53.3 Å². The predicted molar refractivity (Wildman–Crippen MR) is 135 cm³/mol. The molecule has 0 fully saturated rings. The Morgan fingerprint density at radius 1 is 1.06 bits per heavy atom. The Balaban J connectivity index is 1.84. The zero-order valence-corrected chi connectivity index (χ0v) is 20.2. The van der Waals surface area contributed by atoms with Crippen LogP contribution in [-0.2, 0) is 17.8 Å². The van der Waals surface area contributed by atoms with Gasteiger partial charge in [-0.05, 0) is 43.3 Å². The molecule has 0 aliphatic rings. The van der Waals surface area contributed by atoms with Crippen LogP contribution in [0.4, 0.5) is 0 Å². The summed E-state index contributed by atoms with van der Waals surface area (Å²) in [5.41, 5.74) is 2.25. The van der Waals surface area contributed by atoms with Gasteiger partial charge in [0.1, 0.15) is 0 Å². The zero-order valence-electron chi connectivity index (χ0n) is 19.3. The number of nitrogens with one attached hydrogen (secondary N) is 2. The van der Waals surface area contributed by atoms with Crippen LogP contribution in [0.25, 0.3) is 10.9 Å². The van der Waals surface area contributed by atoms with Gasteiger partial charge in [-0.25, -0.2) is 0 Å². The minimum Gasteiger partial charge on any atom is -0.493 e. The normalized spacial score (nSPS) is 10.8. The molecule has 2 N–H and O–H groups in total. The smallest absolute Gasteiger partial charge is 0.253 e. The summed E-state index contributed by atoms with van der Waals surface area (Å²) in [4.78, 5) is 17.9. The molecular weight excluding hydrogens is 438 g/mol. The Labute approximate surface area is 199 Å². The van der Waals surface area contributed by atoms with Crippen molar-refractivity contribution in [3.05, 3.63) is 70.0 Å². The third kappa shape index (κ3) is 6.69. The van der Waals surface area contributed by atoms with E-state index in [1.54, 1.807) is 20.3 Å². The van der Waals surface area contributed by atoms with Crippen molar-refractivity contribution in [2.75, 3.05) is 34.0 Å². The first kappa shape index (κ1) is 24.5. The van der Waals surface area contributed by atoms with Crippen LogP contribution in [0.1, 0.15) is 24.5 Å². The zero-order chi connectivity index (χ0) is 23.6. The van der Waals surface area contributed by atoms with Gasteiger partial charge in [-0.15, -0.1) is 0 Å². The molecule has 0 bridgehead atoms. The van der Waals surface area contributed by atoms with Gasteiger partial charge in [0.2, 0.25) is 0 Å². The van der Waals surface area contributed by atoms with Crippen LogP contribution in [-0.4, -0.2) is 49.0 Å². The summed E-state index contributed by atoms with van der Waals surface area (Å²) in [5, 5.41) is 4.76. The van der Waals surface area contributed by atoms with Crippen molar-refractivity contribution < 1.29 is 14.2 Å². The molecule has 0 atom stereocenters. The van der Waals surface area contributed by atoms with Crippen LogP contribution in [0.3, 0.4) is 0 Å². The van der Waals surface area contributed by atoms with E-state index in [9.17, 15) is 4.79 Å². The molecule has 0 radical (unpaired) electrons. The summed E-state index contributed by atoms with van der Waals surface area (Å²) in [6, 6.07) is 15.6. The second kappa shape index (κ2) is 12.2. The van der Waals surface area contributed by atoms with Crippen molar-refractivity contribution in [2.45, 2.75) is 26.4 Å². The minimum absolute atomic E-state index is 0.160. The molecule has 0 aliphatic carbocycles. The Bertz CT molecular complexity index is 1120. The lowest BCUT2D eigenvalue weighted by Gasteiger charge is -2.26. The number of aromatic amines is 1. The van der Waals surface area contributed by atoms with Gasteiger partial charge >= 0.3 is 0 Å². The summed E-state index contributed by atoms with van der Waals surface area (Å²) < 4.78 is 16.2. The minimum atomic E-state index is -0.160. The number of hydrogen-bond donors (Lipinski definition) is 2. The number of H-pyrrole nitrogens is 1. The van der Waals surface area contributed by atoms with Crippen LogP contribution >= 0.6 is 12.2 Å². The Morgan fingerprint density at radius 2 is 1.79 bits per heavy atom. The molecule has 0 saturated heterocycles. The highest BCUT2D eigenvalue weighted by molar-refractivity contribution is 7.80. The fourth-order valence-corrected chi connectivity index (χ4v) is 3.76. The average Bonchev–Trinajstić information content (AvgIpc) is 2.83. The second-order valence-electron chi connectivity index (χ2n) is 7.54. The lowest BCUT2D eigenvalue weighted by molar-refractivity contribution is 0.145. The Kier molecular flexibility index (Phi) is 9.09. The lowest BCUT2D eigenvalue weighted by atomic mass is 10.1. The monoisotopic (exact) mass is 469 g/mol. The van der Waals surface area contributed by atoms with Gasteiger partial charge in [-0.1, -0.05) is 30.3 Å². The largest absolute Gasteiger partial charge is 0.493 e. The van der Waals surface area contributed by atoms with E-state index in [4.69, 9.17) is 26.4 Å². The highest BCUT2D eigenvalue weighted by Gasteiger charge is 2.15. The summed E-state index contributed by atoms with van der Waals surface area (Å²) >= 11 is 5.69. The standard InChI is InChI=1S/C25H31N3O4S/c1-4-32-12-8-11-26-25(33)28(16-18-9-6-5-7-10-18)17-20-13-19-14-22(30-2)23(31-3)15-21(19)27-24(20)29/h5-7,9-10,13-15H,4,8,11-12,16-17H2,1-3H3,(H,26,33)(H,27,29). The third-order valence-corrected chi connectivity index (χ3v) is 5.64. The van der Waals surface area contributed by atoms with Crippen LogP contribution in [0, 0.1) is 0 Å². The van der Waals surface area contributed by atoms with E-state index in [1.165, 1.54) is 0 Å². The highest BCUT2D eigenvalue weighted by atomic mass is 32.1. The van der Waals surface area contributed by atoms with Gasteiger partial charge in [0.15, 0.2) is 16.6 Å². The summed E-state index contributed by atoms with van der Waals surface area (Å²) in [6.45, 7) is 5.02. The van der Waals surface area contributed by atoms with Crippen molar-refractivity contribution in [1.29, 1.82) is 0 Å². The average molecular weight is 470 g/mol. The van der Waals surface area contributed by atoms with E-state index in [-0.39, 0.29) is 5.56 Å². The van der Waals surface area contributed by atoms with Gasteiger partial charge in [0.05, 0.1) is 26.3 Å². The maximum Gasteiger partial charge on any atom is 0.253 e. The highest BCUT2D eigenvalue weighted by Crippen LogP contribution is 2.31. The fraction of sp³-hybridized carbons (Fsp3) is 0.360. The molecule has 0 spiro atoms. The van der Waals surface area contributed by atoms with Crippen LogP contribution < -0.4 is 20.3 Å². The SMILES string of the molecule is CCOCCCNC(=S)N(Cc1ccccc1)Cc1cc2cc(OC)c(OC)cc2[nH]c1=O. The topological polar surface area (TPSA) is 75.8 Å². The van der Waals surface area contributed by atoms with E-state index >= 15 is 0 Å². The van der Waals surface area contributed by atoms with E-state index in [1.807, 2.05) is 54.3 Å². The summed E-state index contributed by atoms with van der Waals surface area (Å²) in [5.74, 6) is 1.17. The molecule has 1 heterocycles. The van der Waals surface area contributed by atoms with E-state index in [0.29, 0.717) is 60.5 Å². The summed E-state index contributed by atoms with van der Waals surface area (Å²) in [7, 11) is 3.16. The van der Waals surface area contributed by atoms with Gasteiger partial charge in [-0.3, -0.25) is 4.79 Å². The molecular formula is C25H31N3O4S. The van der Waals surface area contributed by atoms with Crippen molar-refractivity contribution in [2.24, 2.45) is 0 Å². The third-order valence-electron chi connectivity index (χ3n) is 5.24. The molecule has 33 heavy (non-hydrogen) atoms. The van der Waals surface area contributed by atoms with Crippen molar-refractivity contribution in [1.82, 2.24) is 15.2 Å². The number of aromatic nitrogens is 1. The van der Waals surface area contributed by atoms with Crippen LogP contribution in [0.2, 0.25) is 0 Å². The molecule has 3 aromatic rings. The maximum absolute atomic E-state index is 12.9. The number of rotatable bonds is 11. The number of hydrogen-bond acceptors (Lipinski definition) is 5. The van der Waals surface area contributed by atoms with Gasteiger partial charge in [-0.2, -0.15) is 0 Å². The first-order valence-corrected chi connectivity index (χ1v) is 11.4. The Morgan fingerprint density at radius 3 is 2.48 bits per heavy atom. The van der Waals surface area contributed by atoms with Crippen molar-refractivity contribution in [3.8, 4) is 11.5 Å². The lowest BCUT2D eigenvalue weighted by Crippen LogP contribution is -2.40. The number of methoxy groups -OCH3 is 2. The number of fused-ring (bicyclic) bond motifs is 1. The van der Waals surface area contributed by atoms with E-state index in [0.717, 1.165) is 17.4 Å². The van der Waals surface area contributed by atoms with E-state index in [2.05, 4.69) is 10.3 Å². The molecule has 7 nitrogen and oxygen atoms in total. The van der Waals surface area contributed by atoms with Crippen LogP contribution in [0.5, 0.6) is 11.5 Å².